The van der Waals surface area contributed by atoms with Crippen molar-refractivity contribution < 1.29 is 22.7 Å². The Morgan fingerprint density at radius 1 is 1.33 bits per heavy atom. The van der Waals surface area contributed by atoms with Gasteiger partial charge in [-0.25, -0.2) is 0 Å². The second kappa shape index (κ2) is 6.80. The first kappa shape index (κ1) is 15.6. The Balaban J connectivity index is 1.76. The van der Waals surface area contributed by atoms with Gasteiger partial charge in [0.25, 0.3) is 0 Å². The van der Waals surface area contributed by atoms with Crippen molar-refractivity contribution >= 4 is 5.91 Å². The van der Waals surface area contributed by atoms with Crippen LogP contribution < -0.4 is 15.4 Å². The monoisotopic (exact) mass is 302 g/mol. The molecule has 1 aromatic carbocycles. The summed E-state index contributed by atoms with van der Waals surface area (Å²) in [6.45, 7) is 1.70. The molecule has 0 bridgehead atoms. The number of halogens is 3. The highest BCUT2D eigenvalue weighted by molar-refractivity contribution is 5.76. The fraction of sp³-hybridized carbons (Fsp3) is 0.500. The van der Waals surface area contributed by atoms with Gasteiger partial charge in [0.2, 0.25) is 5.91 Å². The van der Waals surface area contributed by atoms with Gasteiger partial charge < -0.3 is 15.4 Å². The van der Waals surface area contributed by atoms with E-state index >= 15 is 0 Å². The van der Waals surface area contributed by atoms with Crippen molar-refractivity contribution in [3.63, 3.8) is 0 Å². The Hall–Kier alpha value is -1.76. The van der Waals surface area contributed by atoms with E-state index < -0.39 is 6.36 Å². The Labute approximate surface area is 120 Å². The Morgan fingerprint density at radius 2 is 2.05 bits per heavy atom. The van der Waals surface area contributed by atoms with Crippen LogP contribution in [0.25, 0.3) is 0 Å². The van der Waals surface area contributed by atoms with Gasteiger partial charge in [0.1, 0.15) is 5.75 Å². The zero-order valence-corrected chi connectivity index (χ0v) is 11.4. The third-order valence-corrected chi connectivity index (χ3v) is 3.22. The molecule has 0 radical (unpaired) electrons. The zero-order chi connectivity index (χ0) is 15.3. The molecule has 1 aromatic rings. The van der Waals surface area contributed by atoms with Crippen LogP contribution in [0.3, 0.4) is 0 Å². The van der Waals surface area contributed by atoms with Crippen molar-refractivity contribution in [2.75, 3.05) is 13.1 Å². The van der Waals surface area contributed by atoms with E-state index in [0.29, 0.717) is 12.8 Å². The smallest absolute Gasteiger partial charge is 0.406 e. The lowest BCUT2D eigenvalue weighted by molar-refractivity contribution is -0.274. The van der Waals surface area contributed by atoms with E-state index in [9.17, 15) is 18.0 Å². The van der Waals surface area contributed by atoms with Gasteiger partial charge in [-0.15, -0.1) is 13.2 Å². The van der Waals surface area contributed by atoms with E-state index in [1.165, 1.54) is 24.3 Å². The summed E-state index contributed by atoms with van der Waals surface area (Å²) in [6, 6.07) is 5.75. The summed E-state index contributed by atoms with van der Waals surface area (Å²) in [5, 5.41) is 6.07. The number of hydrogen-bond donors (Lipinski definition) is 2. The minimum Gasteiger partial charge on any atom is -0.406 e. The minimum absolute atomic E-state index is 0.0423. The lowest BCUT2D eigenvalue weighted by atomic mass is 10.1. The maximum Gasteiger partial charge on any atom is 0.573 e. The lowest BCUT2D eigenvalue weighted by Crippen LogP contribution is -2.36. The predicted molar refractivity (Wildman–Crippen MR) is 70.9 cm³/mol. The van der Waals surface area contributed by atoms with Gasteiger partial charge in [-0.05, 0) is 37.1 Å². The van der Waals surface area contributed by atoms with Crippen LogP contribution in [0.15, 0.2) is 24.3 Å². The van der Waals surface area contributed by atoms with Crippen molar-refractivity contribution in [1.82, 2.24) is 10.6 Å². The van der Waals surface area contributed by atoms with Gasteiger partial charge in [-0.3, -0.25) is 4.79 Å². The number of benzene rings is 1. The molecule has 1 unspecified atom stereocenters. The maximum absolute atomic E-state index is 12.0. The first-order valence-electron chi connectivity index (χ1n) is 6.77. The molecule has 0 spiro atoms. The zero-order valence-electron chi connectivity index (χ0n) is 11.4. The summed E-state index contributed by atoms with van der Waals surface area (Å²) in [7, 11) is 0. The summed E-state index contributed by atoms with van der Waals surface area (Å²) in [6.07, 6.45) is -2.96. The fourth-order valence-electron chi connectivity index (χ4n) is 2.19. The fourth-order valence-corrected chi connectivity index (χ4v) is 2.19. The van der Waals surface area contributed by atoms with Gasteiger partial charge in [0.05, 0.1) is 0 Å². The number of carbonyl (C=O) groups is 1. The molecule has 0 aromatic heterocycles. The van der Waals surface area contributed by atoms with Crippen molar-refractivity contribution in [1.29, 1.82) is 0 Å². The van der Waals surface area contributed by atoms with Crippen LogP contribution in [0.2, 0.25) is 0 Å². The van der Waals surface area contributed by atoms with Gasteiger partial charge >= 0.3 is 6.36 Å². The molecular weight excluding hydrogens is 285 g/mol. The van der Waals surface area contributed by atoms with Crippen molar-refractivity contribution in [2.24, 2.45) is 0 Å². The standard InChI is InChI=1S/C14H17F3N2O2/c15-14(16,17)21-12-4-1-10(2-5-12)3-6-13(20)19-11-7-8-18-9-11/h1-2,4-5,11,18H,3,6-9H2,(H,19,20). The van der Waals surface area contributed by atoms with E-state index in [0.717, 1.165) is 25.1 Å². The van der Waals surface area contributed by atoms with Crippen LogP contribution in [0.4, 0.5) is 13.2 Å². The number of carbonyl (C=O) groups excluding carboxylic acids is 1. The van der Waals surface area contributed by atoms with E-state index in [4.69, 9.17) is 0 Å². The summed E-state index contributed by atoms with van der Waals surface area (Å²) < 4.78 is 39.8. The molecule has 2 N–H and O–H groups in total. The number of amides is 1. The average Bonchev–Trinajstić information content (AvgIpc) is 2.89. The number of aryl methyl sites for hydroxylation is 1. The largest absolute Gasteiger partial charge is 0.573 e. The van der Waals surface area contributed by atoms with Crippen LogP contribution in [-0.4, -0.2) is 31.4 Å². The van der Waals surface area contributed by atoms with E-state index in [1.54, 1.807) is 0 Å². The normalized spacial score (nSPS) is 18.5. The molecule has 1 aliphatic rings. The summed E-state index contributed by atoms with van der Waals surface area (Å²) >= 11 is 0. The first-order valence-corrected chi connectivity index (χ1v) is 6.77. The Morgan fingerprint density at radius 3 is 2.62 bits per heavy atom. The van der Waals surface area contributed by atoms with E-state index in [-0.39, 0.29) is 17.7 Å². The van der Waals surface area contributed by atoms with Crippen LogP contribution >= 0.6 is 0 Å². The highest BCUT2D eigenvalue weighted by atomic mass is 19.4. The average molecular weight is 302 g/mol. The molecule has 1 aliphatic heterocycles. The van der Waals surface area contributed by atoms with Crippen molar-refractivity contribution in [3.8, 4) is 5.75 Å². The molecule has 1 fully saturated rings. The number of rotatable bonds is 5. The number of nitrogens with one attached hydrogen (secondary N) is 2. The molecule has 4 nitrogen and oxygen atoms in total. The van der Waals surface area contributed by atoms with Gasteiger partial charge in [0.15, 0.2) is 0 Å². The summed E-state index contributed by atoms with van der Waals surface area (Å²) in [5.41, 5.74) is 0.796. The Bertz CT molecular complexity index is 468. The molecule has 1 atom stereocenters. The molecule has 1 heterocycles. The van der Waals surface area contributed by atoms with Crippen LogP contribution in [-0.2, 0) is 11.2 Å². The second-order valence-electron chi connectivity index (χ2n) is 4.95. The molecule has 116 valence electrons. The van der Waals surface area contributed by atoms with Gasteiger partial charge in [-0.1, -0.05) is 12.1 Å². The Kier molecular flexibility index (Phi) is 5.06. The highest BCUT2D eigenvalue weighted by Gasteiger charge is 2.30. The van der Waals surface area contributed by atoms with Gasteiger partial charge in [-0.2, -0.15) is 0 Å². The predicted octanol–water partition coefficient (Wildman–Crippen LogP) is 2.00. The van der Waals surface area contributed by atoms with Crippen LogP contribution in [0.1, 0.15) is 18.4 Å². The molecule has 7 heteroatoms. The van der Waals surface area contributed by atoms with Crippen LogP contribution in [0, 0.1) is 0 Å². The van der Waals surface area contributed by atoms with Crippen molar-refractivity contribution in [2.45, 2.75) is 31.7 Å². The molecule has 0 aliphatic carbocycles. The topological polar surface area (TPSA) is 50.4 Å². The molecule has 21 heavy (non-hydrogen) atoms. The summed E-state index contributed by atoms with van der Waals surface area (Å²) in [4.78, 5) is 11.7. The number of ether oxygens (including phenoxy) is 1. The molecular formula is C14H17F3N2O2. The van der Waals surface area contributed by atoms with Crippen molar-refractivity contribution in [3.05, 3.63) is 29.8 Å². The van der Waals surface area contributed by atoms with Crippen LogP contribution in [0.5, 0.6) is 5.75 Å². The first-order chi connectivity index (χ1) is 9.92. The molecule has 2 rings (SSSR count). The molecule has 1 amide bonds. The second-order valence-corrected chi connectivity index (χ2v) is 4.95. The minimum atomic E-state index is -4.68. The SMILES string of the molecule is O=C(CCc1ccc(OC(F)(F)F)cc1)NC1CCNC1. The highest BCUT2D eigenvalue weighted by Crippen LogP contribution is 2.22. The third kappa shape index (κ3) is 5.63. The maximum atomic E-state index is 12.0. The molecule has 1 saturated heterocycles. The third-order valence-electron chi connectivity index (χ3n) is 3.22. The van der Waals surface area contributed by atoms with Gasteiger partial charge in [0, 0.05) is 19.0 Å². The van der Waals surface area contributed by atoms with E-state index in [2.05, 4.69) is 15.4 Å². The number of hydrogen-bond acceptors (Lipinski definition) is 3. The quantitative estimate of drug-likeness (QED) is 0.874. The summed E-state index contributed by atoms with van der Waals surface area (Å²) in [5.74, 6) is -0.299. The van der Waals surface area contributed by atoms with E-state index in [1.807, 2.05) is 0 Å². The number of alkyl halides is 3. The lowest BCUT2D eigenvalue weighted by Gasteiger charge is -2.11. The molecule has 0 saturated carbocycles.